The van der Waals surface area contributed by atoms with Gasteiger partial charge in [0.1, 0.15) is 0 Å². The van der Waals surface area contributed by atoms with Gasteiger partial charge in [0.25, 0.3) is 0 Å². The molecular formula is C17H33N3O2S. The molecule has 6 heteroatoms. The van der Waals surface area contributed by atoms with Crippen LogP contribution in [0.3, 0.4) is 0 Å². The van der Waals surface area contributed by atoms with Crippen LogP contribution in [0.5, 0.6) is 0 Å². The molecule has 0 spiro atoms. The Balaban J connectivity index is 2.18. The summed E-state index contributed by atoms with van der Waals surface area (Å²) < 4.78 is 4.64. The maximum Gasteiger partial charge on any atom is 0.305 e. The van der Waals surface area contributed by atoms with Gasteiger partial charge in [-0.3, -0.25) is 9.79 Å². The summed E-state index contributed by atoms with van der Waals surface area (Å²) in [6.07, 6.45) is 4.77. The average molecular weight is 344 g/mol. The maximum absolute atomic E-state index is 11.0. The van der Waals surface area contributed by atoms with Crippen molar-refractivity contribution in [2.24, 2.45) is 10.9 Å². The van der Waals surface area contributed by atoms with Crippen LogP contribution in [0, 0.1) is 5.92 Å². The first-order valence-electron chi connectivity index (χ1n) is 8.72. The van der Waals surface area contributed by atoms with Gasteiger partial charge in [-0.25, -0.2) is 0 Å². The zero-order valence-electron chi connectivity index (χ0n) is 15.1. The molecule has 134 valence electrons. The number of thioether (sulfide) groups is 1. The highest BCUT2D eigenvalue weighted by Gasteiger charge is 2.24. The van der Waals surface area contributed by atoms with Crippen LogP contribution in [0.1, 0.15) is 46.0 Å². The molecule has 0 aromatic carbocycles. The molecular weight excluding hydrogens is 310 g/mol. The van der Waals surface area contributed by atoms with Gasteiger partial charge in [-0.05, 0) is 18.8 Å². The molecule has 0 amide bonds. The van der Waals surface area contributed by atoms with Crippen molar-refractivity contribution in [3.05, 3.63) is 0 Å². The third kappa shape index (κ3) is 7.95. The first-order valence-corrected chi connectivity index (χ1v) is 9.77. The fourth-order valence-electron chi connectivity index (χ4n) is 2.65. The zero-order valence-corrected chi connectivity index (χ0v) is 16.0. The number of ether oxygens (including phenoxy) is 1. The Labute approximate surface area is 145 Å². The van der Waals surface area contributed by atoms with Crippen LogP contribution in [-0.4, -0.2) is 61.6 Å². The summed E-state index contributed by atoms with van der Waals surface area (Å²) in [6, 6.07) is 0. The number of esters is 1. The van der Waals surface area contributed by atoms with E-state index in [2.05, 4.69) is 45.6 Å². The second-order valence-corrected chi connectivity index (χ2v) is 7.66. The molecule has 1 aliphatic rings. The van der Waals surface area contributed by atoms with Gasteiger partial charge in [-0.15, -0.1) is 0 Å². The number of rotatable bonds is 8. The molecule has 1 heterocycles. The molecule has 0 saturated carbocycles. The highest BCUT2D eigenvalue weighted by atomic mass is 32.2. The van der Waals surface area contributed by atoms with Crippen molar-refractivity contribution >= 4 is 23.7 Å². The summed E-state index contributed by atoms with van der Waals surface area (Å²) in [5.74, 6) is 2.81. The Morgan fingerprint density at radius 3 is 2.74 bits per heavy atom. The van der Waals surface area contributed by atoms with Gasteiger partial charge >= 0.3 is 5.97 Å². The van der Waals surface area contributed by atoms with Crippen LogP contribution < -0.4 is 5.32 Å². The van der Waals surface area contributed by atoms with Crippen molar-refractivity contribution in [1.82, 2.24) is 10.2 Å². The van der Waals surface area contributed by atoms with E-state index in [1.54, 1.807) is 0 Å². The van der Waals surface area contributed by atoms with E-state index in [0.717, 1.165) is 51.3 Å². The van der Waals surface area contributed by atoms with E-state index in [4.69, 9.17) is 0 Å². The minimum atomic E-state index is -0.105. The first kappa shape index (κ1) is 20.1. The molecule has 0 radical (unpaired) electrons. The standard InChI is InChI=1S/C17H33N3O2S/c1-14(2)15-13-20(11-12-23-15)17(18-3)19-10-8-6-5-7-9-16(21)22-4/h14-15H,5-13H2,1-4H3,(H,18,19). The monoisotopic (exact) mass is 343 g/mol. The second-order valence-electron chi connectivity index (χ2n) is 6.31. The minimum Gasteiger partial charge on any atom is -0.469 e. The molecule has 1 atom stereocenters. The fourth-order valence-corrected chi connectivity index (χ4v) is 3.95. The fraction of sp³-hybridized carbons (Fsp3) is 0.882. The third-order valence-electron chi connectivity index (χ3n) is 4.17. The van der Waals surface area contributed by atoms with E-state index in [1.165, 1.54) is 12.9 Å². The van der Waals surface area contributed by atoms with Crippen molar-refractivity contribution < 1.29 is 9.53 Å². The predicted octanol–water partition coefficient (Wildman–Crippen LogP) is 2.76. The smallest absolute Gasteiger partial charge is 0.305 e. The van der Waals surface area contributed by atoms with Crippen molar-refractivity contribution in [2.75, 3.05) is 39.5 Å². The lowest BCUT2D eigenvalue weighted by molar-refractivity contribution is -0.140. The number of aliphatic imine (C=N–C) groups is 1. The van der Waals surface area contributed by atoms with Crippen LogP contribution >= 0.6 is 11.8 Å². The molecule has 0 bridgehead atoms. The number of guanidine groups is 1. The van der Waals surface area contributed by atoms with Crippen molar-refractivity contribution in [1.29, 1.82) is 0 Å². The summed E-state index contributed by atoms with van der Waals surface area (Å²) in [4.78, 5) is 17.8. The van der Waals surface area contributed by atoms with Crippen LogP contribution in [0.15, 0.2) is 4.99 Å². The predicted molar refractivity (Wildman–Crippen MR) is 99.1 cm³/mol. The summed E-state index contributed by atoms with van der Waals surface area (Å²) in [5, 5.41) is 4.18. The lowest BCUT2D eigenvalue weighted by Gasteiger charge is -2.36. The Morgan fingerprint density at radius 2 is 2.09 bits per heavy atom. The molecule has 0 aromatic rings. The quantitative estimate of drug-likeness (QED) is 0.318. The number of unbranched alkanes of at least 4 members (excludes halogenated alkanes) is 3. The number of nitrogens with zero attached hydrogens (tertiary/aromatic N) is 2. The number of hydrogen-bond acceptors (Lipinski definition) is 4. The lowest BCUT2D eigenvalue weighted by atomic mass is 10.1. The normalized spacial score (nSPS) is 19.1. The maximum atomic E-state index is 11.0. The molecule has 1 rings (SSSR count). The van der Waals surface area contributed by atoms with Crippen LogP contribution in [-0.2, 0) is 9.53 Å². The summed E-state index contributed by atoms with van der Waals surface area (Å²) in [5.41, 5.74) is 0. The number of carbonyl (C=O) groups excluding carboxylic acids is 1. The second kappa shape index (κ2) is 11.6. The largest absolute Gasteiger partial charge is 0.469 e. The van der Waals surface area contributed by atoms with Gasteiger partial charge in [0, 0.05) is 44.1 Å². The zero-order chi connectivity index (χ0) is 17.1. The van der Waals surface area contributed by atoms with Gasteiger partial charge in [0.15, 0.2) is 5.96 Å². The van der Waals surface area contributed by atoms with Crippen molar-refractivity contribution in [3.8, 4) is 0 Å². The Hall–Kier alpha value is -0.910. The molecule has 1 unspecified atom stereocenters. The topological polar surface area (TPSA) is 53.9 Å². The molecule has 0 aromatic heterocycles. The SMILES string of the molecule is CN=C(NCCCCCCC(=O)OC)N1CCSC(C(C)C)C1. The summed E-state index contributed by atoms with van der Waals surface area (Å²) >= 11 is 2.08. The van der Waals surface area contributed by atoms with Gasteiger partial charge in [-0.1, -0.05) is 26.7 Å². The highest BCUT2D eigenvalue weighted by Crippen LogP contribution is 2.24. The van der Waals surface area contributed by atoms with E-state index < -0.39 is 0 Å². The van der Waals surface area contributed by atoms with E-state index in [-0.39, 0.29) is 5.97 Å². The lowest BCUT2D eigenvalue weighted by Crippen LogP contribution is -2.49. The Morgan fingerprint density at radius 1 is 1.35 bits per heavy atom. The number of nitrogens with one attached hydrogen (secondary N) is 1. The molecule has 1 aliphatic heterocycles. The molecule has 1 N–H and O–H groups in total. The number of carbonyl (C=O) groups is 1. The summed E-state index contributed by atoms with van der Waals surface area (Å²) in [6.45, 7) is 7.70. The van der Waals surface area contributed by atoms with Gasteiger partial charge < -0.3 is 15.0 Å². The van der Waals surface area contributed by atoms with Gasteiger partial charge in [-0.2, -0.15) is 11.8 Å². The number of hydrogen-bond donors (Lipinski definition) is 1. The molecule has 23 heavy (non-hydrogen) atoms. The highest BCUT2D eigenvalue weighted by molar-refractivity contribution is 8.00. The van der Waals surface area contributed by atoms with E-state index >= 15 is 0 Å². The molecule has 1 saturated heterocycles. The summed E-state index contributed by atoms with van der Waals surface area (Å²) in [7, 11) is 3.31. The Kier molecular flexibility index (Phi) is 10.2. The molecule has 1 fully saturated rings. The Bertz CT molecular complexity index is 375. The van der Waals surface area contributed by atoms with Crippen molar-refractivity contribution in [3.63, 3.8) is 0 Å². The van der Waals surface area contributed by atoms with E-state index in [9.17, 15) is 4.79 Å². The average Bonchev–Trinajstić information content (AvgIpc) is 2.57. The molecule has 5 nitrogen and oxygen atoms in total. The van der Waals surface area contributed by atoms with Gasteiger partial charge in [0.05, 0.1) is 7.11 Å². The van der Waals surface area contributed by atoms with Gasteiger partial charge in [0.2, 0.25) is 0 Å². The molecule has 0 aliphatic carbocycles. The van der Waals surface area contributed by atoms with Crippen LogP contribution in [0.2, 0.25) is 0 Å². The van der Waals surface area contributed by atoms with Crippen LogP contribution in [0.25, 0.3) is 0 Å². The van der Waals surface area contributed by atoms with E-state index in [0.29, 0.717) is 17.6 Å². The first-order chi connectivity index (χ1) is 11.1. The van der Waals surface area contributed by atoms with Crippen LogP contribution in [0.4, 0.5) is 0 Å². The number of methoxy groups -OCH3 is 1. The third-order valence-corrected chi connectivity index (χ3v) is 5.71. The van der Waals surface area contributed by atoms with Crippen molar-refractivity contribution in [2.45, 2.75) is 51.2 Å². The van der Waals surface area contributed by atoms with E-state index in [1.807, 2.05) is 7.05 Å². The minimum absolute atomic E-state index is 0.105.